The van der Waals surface area contributed by atoms with Crippen molar-refractivity contribution in [1.29, 1.82) is 0 Å². The first-order valence-corrected chi connectivity index (χ1v) is 12.8. The van der Waals surface area contributed by atoms with Crippen molar-refractivity contribution in [2.24, 2.45) is 17.1 Å². The first-order chi connectivity index (χ1) is 16.8. The van der Waals surface area contributed by atoms with Crippen molar-refractivity contribution in [3.8, 4) is 0 Å². The number of carbonyl (C=O) groups excluding carboxylic acids is 3. The molecule has 0 radical (unpaired) electrons. The molecule has 1 aromatic rings. The van der Waals surface area contributed by atoms with E-state index in [4.69, 9.17) is 5.73 Å². The van der Waals surface area contributed by atoms with E-state index in [1.165, 1.54) is 6.92 Å². The maximum Gasteiger partial charge on any atom is 0.239 e. The SMILES string of the molecule is CCC(CC)NC(=O)C[C@@H](C(=O)NC[C@@H](O)[C@H](Cc1ccccc1)NC(=O)[C@@H](N)[C@@H](C)O)C(C)(C)C. The Morgan fingerprint density at radius 2 is 1.56 bits per heavy atom. The summed E-state index contributed by atoms with van der Waals surface area (Å²) in [6.07, 6.45) is -0.218. The van der Waals surface area contributed by atoms with E-state index in [2.05, 4.69) is 16.0 Å². The fraction of sp³-hybridized carbons (Fsp3) is 0.667. The molecule has 1 rings (SSSR count). The van der Waals surface area contributed by atoms with E-state index < -0.39 is 41.5 Å². The number of aliphatic hydroxyl groups excluding tert-OH is 2. The minimum atomic E-state index is -1.15. The zero-order valence-electron chi connectivity index (χ0n) is 22.6. The van der Waals surface area contributed by atoms with Crippen molar-refractivity contribution in [3.63, 3.8) is 0 Å². The summed E-state index contributed by atoms with van der Waals surface area (Å²) in [5.74, 6) is -1.72. The molecular weight excluding hydrogens is 460 g/mol. The maximum absolute atomic E-state index is 13.1. The van der Waals surface area contributed by atoms with Gasteiger partial charge in [0.1, 0.15) is 6.04 Å². The summed E-state index contributed by atoms with van der Waals surface area (Å²) < 4.78 is 0. The van der Waals surface area contributed by atoms with Crippen LogP contribution in [-0.4, -0.2) is 64.8 Å². The molecule has 9 heteroatoms. The summed E-state index contributed by atoms with van der Waals surface area (Å²) in [7, 11) is 0. The smallest absolute Gasteiger partial charge is 0.239 e. The highest BCUT2D eigenvalue weighted by atomic mass is 16.3. The molecule has 9 nitrogen and oxygen atoms in total. The van der Waals surface area contributed by atoms with Crippen LogP contribution >= 0.6 is 0 Å². The molecule has 7 N–H and O–H groups in total. The molecule has 204 valence electrons. The molecule has 1 aromatic carbocycles. The van der Waals surface area contributed by atoms with Crippen molar-refractivity contribution < 1.29 is 24.6 Å². The van der Waals surface area contributed by atoms with Crippen LogP contribution in [0.1, 0.15) is 66.4 Å². The minimum absolute atomic E-state index is 0.0371. The monoisotopic (exact) mass is 506 g/mol. The molecule has 0 aliphatic rings. The average Bonchev–Trinajstić information content (AvgIpc) is 2.82. The molecule has 0 saturated heterocycles. The molecule has 3 amide bonds. The van der Waals surface area contributed by atoms with E-state index in [-0.39, 0.29) is 30.8 Å². The van der Waals surface area contributed by atoms with Crippen LogP contribution < -0.4 is 21.7 Å². The Labute approximate surface area is 215 Å². The second-order valence-electron chi connectivity index (χ2n) is 10.6. The van der Waals surface area contributed by atoms with Crippen LogP contribution in [0.4, 0.5) is 0 Å². The minimum Gasteiger partial charge on any atom is -0.391 e. The molecule has 0 aliphatic heterocycles. The number of aliphatic hydroxyl groups is 2. The Balaban J connectivity index is 2.92. The molecule has 0 spiro atoms. The number of nitrogens with one attached hydrogen (secondary N) is 3. The zero-order chi connectivity index (χ0) is 27.5. The Hall–Kier alpha value is -2.49. The Morgan fingerprint density at radius 1 is 0.972 bits per heavy atom. The van der Waals surface area contributed by atoms with Crippen molar-refractivity contribution in [2.75, 3.05) is 6.54 Å². The predicted molar refractivity (Wildman–Crippen MR) is 141 cm³/mol. The quantitative estimate of drug-likeness (QED) is 0.223. The standard InChI is InChI=1S/C27H46N4O5/c1-7-19(8-2)30-23(34)15-20(27(4,5)6)25(35)29-16-22(33)21(14-18-12-10-9-11-13-18)31-26(36)24(28)17(3)32/h9-13,17,19-22,24,32-33H,7-8,14-16,28H2,1-6H3,(H,29,35)(H,30,34)(H,31,36)/t17-,20+,21+,22-,24+/m1/s1. The second kappa shape index (κ2) is 14.9. The van der Waals surface area contributed by atoms with Crippen molar-refractivity contribution in [1.82, 2.24) is 16.0 Å². The van der Waals surface area contributed by atoms with Gasteiger partial charge in [0.25, 0.3) is 0 Å². The molecular formula is C27H46N4O5. The third-order valence-electron chi connectivity index (χ3n) is 6.50. The summed E-state index contributed by atoms with van der Waals surface area (Å²) >= 11 is 0. The van der Waals surface area contributed by atoms with Crippen molar-refractivity contribution >= 4 is 17.7 Å². The number of hydrogen-bond acceptors (Lipinski definition) is 6. The van der Waals surface area contributed by atoms with Gasteiger partial charge in [-0.15, -0.1) is 0 Å². The lowest BCUT2D eigenvalue weighted by Gasteiger charge is -2.31. The van der Waals surface area contributed by atoms with E-state index >= 15 is 0 Å². The first-order valence-electron chi connectivity index (χ1n) is 12.8. The van der Waals surface area contributed by atoms with E-state index in [1.54, 1.807) is 0 Å². The summed E-state index contributed by atoms with van der Waals surface area (Å²) in [6.45, 7) is 11.0. The van der Waals surface area contributed by atoms with Crippen LogP contribution in [0.15, 0.2) is 30.3 Å². The Morgan fingerprint density at radius 3 is 2.06 bits per heavy atom. The number of amides is 3. The molecule has 0 aliphatic carbocycles. The third-order valence-corrected chi connectivity index (χ3v) is 6.50. The number of nitrogens with two attached hydrogens (primary N) is 1. The van der Waals surface area contributed by atoms with E-state index in [0.717, 1.165) is 18.4 Å². The lowest BCUT2D eigenvalue weighted by molar-refractivity contribution is -0.134. The summed E-state index contributed by atoms with van der Waals surface area (Å²) in [5, 5.41) is 29.0. The van der Waals surface area contributed by atoms with E-state index in [0.29, 0.717) is 6.42 Å². The van der Waals surface area contributed by atoms with E-state index in [9.17, 15) is 24.6 Å². The van der Waals surface area contributed by atoms with Gasteiger partial charge in [0, 0.05) is 19.0 Å². The molecule has 0 saturated carbocycles. The highest BCUT2D eigenvalue weighted by molar-refractivity contribution is 5.86. The molecule has 0 aromatic heterocycles. The molecule has 0 unspecified atom stereocenters. The highest BCUT2D eigenvalue weighted by Crippen LogP contribution is 2.29. The summed E-state index contributed by atoms with van der Waals surface area (Å²) in [6, 6.07) is 7.47. The van der Waals surface area contributed by atoms with Gasteiger partial charge in [-0.2, -0.15) is 0 Å². The van der Waals surface area contributed by atoms with Crippen LogP contribution in [0.25, 0.3) is 0 Å². The maximum atomic E-state index is 13.1. The first kappa shape index (κ1) is 31.5. The largest absolute Gasteiger partial charge is 0.391 e. The molecule has 0 bridgehead atoms. The van der Waals surface area contributed by atoms with Gasteiger partial charge in [0.05, 0.1) is 24.2 Å². The topological polar surface area (TPSA) is 154 Å². The van der Waals surface area contributed by atoms with Gasteiger partial charge in [-0.05, 0) is 37.2 Å². The number of carbonyl (C=O) groups is 3. The lowest BCUT2D eigenvalue weighted by atomic mass is 9.78. The van der Waals surface area contributed by atoms with E-state index in [1.807, 2.05) is 65.0 Å². The summed E-state index contributed by atoms with van der Waals surface area (Å²) in [5.41, 5.74) is 6.16. The second-order valence-corrected chi connectivity index (χ2v) is 10.6. The van der Waals surface area contributed by atoms with Crippen LogP contribution in [0, 0.1) is 11.3 Å². The van der Waals surface area contributed by atoms with Gasteiger partial charge in [-0.1, -0.05) is 65.0 Å². The van der Waals surface area contributed by atoms with Crippen LogP contribution in [0.2, 0.25) is 0 Å². The average molecular weight is 507 g/mol. The normalized spacial score (nSPS) is 15.9. The fourth-order valence-electron chi connectivity index (χ4n) is 3.88. The zero-order valence-corrected chi connectivity index (χ0v) is 22.6. The van der Waals surface area contributed by atoms with Crippen molar-refractivity contribution in [2.45, 2.75) is 97.6 Å². The van der Waals surface area contributed by atoms with Gasteiger partial charge >= 0.3 is 0 Å². The fourth-order valence-corrected chi connectivity index (χ4v) is 3.88. The highest BCUT2D eigenvalue weighted by Gasteiger charge is 2.34. The van der Waals surface area contributed by atoms with Crippen LogP contribution in [-0.2, 0) is 20.8 Å². The van der Waals surface area contributed by atoms with Crippen molar-refractivity contribution in [3.05, 3.63) is 35.9 Å². The molecule has 36 heavy (non-hydrogen) atoms. The van der Waals surface area contributed by atoms with Gasteiger partial charge in [0.2, 0.25) is 17.7 Å². The van der Waals surface area contributed by atoms with Gasteiger partial charge < -0.3 is 31.9 Å². The Bertz CT molecular complexity index is 821. The molecule has 5 atom stereocenters. The van der Waals surface area contributed by atoms with Gasteiger partial charge in [0.15, 0.2) is 0 Å². The number of hydrogen-bond donors (Lipinski definition) is 6. The number of benzene rings is 1. The van der Waals surface area contributed by atoms with Gasteiger partial charge in [-0.25, -0.2) is 0 Å². The molecule has 0 fully saturated rings. The Kier molecular flexibility index (Phi) is 13.1. The van der Waals surface area contributed by atoms with Crippen LogP contribution in [0.5, 0.6) is 0 Å². The predicted octanol–water partition coefficient (Wildman–Crippen LogP) is 1.26. The number of rotatable bonds is 14. The third kappa shape index (κ3) is 10.6. The van der Waals surface area contributed by atoms with Crippen LogP contribution in [0.3, 0.4) is 0 Å². The molecule has 0 heterocycles. The lowest BCUT2D eigenvalue weighted by Crippen LogP contribution is -2.56. The van der Waals surface area contributed by atoms with Gasteiger partial charge in [-0.3, -0.25) is 14.4 Å². The summed E-state index contributed by atoms with van der Waals surface area (Å²) in [4.78, 5) is 38.2.